The van der Waals surface area contributed by atoms with Gasteiger partial charge in [0, 0.05) is 18.5 Å². The van der Waals surface area contributed by atoms with Crippen LogP contribution in [0.3, 0.4) is 0 Å². The van der Waals surface area contributed by atoms with Crippen LogP contribution in [0.1, 0.15) is 48.2 Å². The molecule has 4 heterocycles. The van der Waals surface area contributed by atoms with Crippen LogP contribution in [-0.2, 0) is 13.0 Å². The molecule has 26 heavy (non-hydrogen) atoms. The molecule has 3 aromatic heterocycles. The van der Waals surface area contributed by atoms with E-state index < -0.39 is 0 Å². The zero-order valence-electron chi connectivity index (χ0n) is 14.9. The molecule has 1 aliphatic rings. The number of likely N-dealkylation sites (tertiary alicyclic amines) is 1. The Kier molecular flexibility index (Phi) is 4.89. The number of imidazole rings is 1. The van der Waals surface area contributed by atoms with E-state index in [9.17, 15) is 0 Å². The zero-order valence-corrected chi connectivity index (χ0v) is 15.8. The Morgan fingerprint density at radius 1 is 1.35 bits per heavy atom. The molecule has 1 aliphatic heterocycles. The first kappa shape index (κ1) is 17.0. The van der Waals surface area contributed by atoms with Gasteiger partial charge >= 0.3 is 0 Å². The average molecular weight is 370 g/mol. The second-order valence-electron chi connectivity index (χ2n) is 6.37. The molecule has 9 heteroatoms. The standard InChI is InChI=1S/C17H22N8S/c1-3-16-23-24-17(26-16)22-14-9-12(20-11(2)21-14)13-5-4-8-25(13)10-15-18-6-7-19-15/h6-7,9,13H,3-5,8,10H2,1-2H3,(H,18,19)(H,20,21,22,24)/t13-/m0/s1. The number of nitrogens with one attached hydrogen (secondary N) is 2. The lowest BCUT2D eigenvalue weighted by molar-refractivity contribution is 0.238. The molecule has 4 rings (SSSR count). The van der Waals surface area contributed by atoms with Gasteiger partial charge in [-0.1, -0.05) is 18.3 Å². The lowest BCUT2D eigenvalue weighted by Gasteiger charge is -2.23. The minimum Gasteiger partial charge on any atom is -0.348 e. The molecule has 0 spiro atoms. The maximum atomic E-state index is 4.70. The summed E-state index contributed by atoms with van der Waals surface area (Å²) in [5.74, 6) is 2.52. The number of aromatic amines is 1. The number of hydrogen-bond acceptors (Lipinski definition) is 8. The summed E-state index contributed by atoms with van der Waals surface area (Å²) in [5.41, 5.74) is 1.05. The fourth-order valence-corrected chi connectivity index (χ4v) is 4.00. The monoisotopic (exact) mass is 370 g/mol. The summed E-state index contributed by atoms with van der Waals surface area (Å²) in [6.45, 7) is 5.86. The lowest BCUT2D eigenvalue weighted by atomic mass is 10.1. The summed E-state index contributed by atoms with van der Waals surface area (Å²) in [4.78, 5) is 19.2. The van der Waals surface area contributed by atoms with E-state index in [0.29, 0.717) is 0 Å². The van der Waals surface area contributed by atoms with Crippen molar-refractivity contribution in [2.75, 3.05) is 11.9 Å². The second-order valence-corrected chi connectivity index (χ2v) is 7.43. The smallest absolute Gasteiger partial charge is 0.211 e. The number of nitrogens with zero attached hydrogens (tertiary/aromatic N) is 6. The van der Waals surface area contributed by atoms with E-state index in [4.69, 9.17) is 4.98 Å². The molecule has 0 aromatic carbocycles. The van der Waals surface area contributed by atoms with Crippen LogP contribution in [0.15, 0.2) is 18.5 Å². The summed E-state index contributed by atoms with van der Waals surface area (Å²) in [6, 6.07) is 2.31. The van der Waals surface area contributed by atoms with Gasteiger partial charge in [0.05, 0.1) is 18.3 Å². The first-order valence-electron chi connectivity index (χ1n) is 8.88. The molecular formula is C17H22N8S. The van der Waals surface area contributed by atoms with Crippen LogP contribution in [0.5, 0.6) is 0 Å². The predicted molar refractivity (Wildman–Crippen MR) is 100 cm³/mol. The summed E-state index contributed by atoms with van der Waals surface area (Å²) in [5, 5.41) is 13.4. The third-order valence-corrected chi connectivity index (χ3v) is 5.46. The van der Waals surface area contributed by atoms with Crippen LogP contribution in [0, 0.1) is 6.92 Å². The van der Waals surface area contributed by atoms with E-state index in [1.165, 1.54) is 0 Å². The van der Waals surface area contributed by atoms with Gasteiger partial charge in [-0.2, -0.15) is 0 Å². The van der Waals surface area contributed by atoms with E-state index in [1.54, 1.807) is 17.5 Å². The average Bonchev–Trinajstić information content (AvgIpc) is 3.36. The SMILES string of the molecule is CCc1nnc(Nc2cc([C@@H]3CCCN3Cc3ncc[nH]3)nc(C)n2)s1. The number of anilines is 2. The highest BCUT2D eigenvalue weighted by atomic mass is 32.1. The van der Waals surface area contributed by atoms with Gasteiger partial charge in [0.1, 0.15) is 22.5 Å². The fourth-order valence-electron chi connectivity index (χ4n) is 3.31. The summed E-state index contributed by atoms with van der Waals surface area (Å²) in [7, 11) is 0. The molecule has 8 nitrogen and oxygen atoms in total. The summed E-state index contributed by atoms with van der Waals surface area (Å²) in [6.07, 6.45) is 6.80. The Morgan fingerprint density at radius 3 is 3.04 bits per heavy atom. The molecule has 136 valence electrons. The molecule has 0 unspecified atom stereocenters. The van der Waals surface area contributed by atoms with E-state index in [2.05, 4.69) is 42.3 Å². The fraction of sp³-hybridized carbons (Fsp3) is 0.471. The Hall–Kier alpha value is -2.39. The van der Waals surface area contributed by atoms with Gasteiger partial charge in [-0.25, -0.2) is 15.0 Å². The van der Waals surface area contributed by atoms with Crippen LogP contribution >= 0.6 is 11.3 Å². The summed E-state index contributed by atoms with van der Waals surface area (Å²) < 4.78 is 0. The van der Waals surface area contributed by atoms with Crippen LogP contribution in [0.25, 0.3) is 0 Å². The van der Waals surface area contributed by atoms with Crippen molar-refractivity contribution in [1.29, 1.82) is 0 Å². The quantitative estimate of drug-likeness (QED) is 0.688. The van der Waals surface area contributed by atoms with Crippen LogP contribution in [0.2, 0.25) is 0 Å². The Labute approximate surface area is 156 Å². The van der Waals surface area contributed by atoms with Crippen molar-refractivity contribution in [3.63, 3.8) is 0 Å². The molecule has 1 fully saturated rings. The van der Waals surface area contributed by atoms with Crippen molar-refractivity contribution in [2.24, 2.45) is 0 Å². The Morgan fingerprint density at radius 2 is 2.27 bits per heavy atom. The molecule has 1 atom stereocenters. The normalized spacial score (nSPS) is 17.7. The first-order chi connectivity index (χ1) is 12.7. The molecule has 0 saturated carbocycles. The maximum absolute atomic E-state index is 4.70. The van der Waals surface area contributed by atoms with Gasteiger partial charge in [0.15, 0.2) is 0 Å². The molecule has 3 aromatic rings. The van der Waals surface area contributed by atoms with Crippen molar-refractivity contribution >= 4 is 22.3 Å². The largest absolute Gasteiger partial charge is 0.348 e. The van der Waals surface area contributed by atoms with Crippen LogP contribution < -0.4 is 5.32 Å². The highest BCUT2D eigenvalue weighted by Gasteiger charge is 2.28. The number of H-pyrrole nitrogens is 1. The van der Waals surface area contributed by atoms with Gasteiger partial charge in [-0.3, -0.25) is 4.90 Å². The van der Waals surface area contributed by atoms with Gasteiger partial charge in [-0.15, -0.1) is 10.2 Å². The molecule has 0 bridgehead atoms. The van der Waals surface area contributed by atoms with Crippen LogP contribution in [0.4, 0.5) is 10.9 Å². The molecular weight excluding hydrogens is 348 g/mol. The van der Waals surface area contributed by atoms with Gasteiger partial charge in [-0.05, 0) is 32.7 Å². The Balaban J connectivity index is 1.54. The number of aromatic nitrogens is 6. The third kappa shape index (κ3) is 3.73. The van der Waals surface area contributed by atoms with E-state index in [-0.39, 0.29) is 6.04 Å². The molecule has 2 N–H and O–H groups in total. The highest BCUT2D eigenvalue weighted by molar-refractivity contribution is 7.15. The van der Waals surface area contributed by atoms with Crippen molar-refractivity contribution in [3.8, 4) is 0 Å². The van der Waals surface area contributed by atoms with E-state index in [0.717, 1.165) is 65.7 Å². The van der Waals surface area contributed by atoms with Crippen LogP contribution in [-0.4, -0.2) is 41.6 Å². The van der Waals surface area contributed by atoms with Gasteiger partial charge < -0.3 is 10.3 Å². The molecule has 0 radical (unpaired) electrons. The highest BCUT2D eigenvalue weighted by Crippen LogP contribution is 2.33. The Bertz CT molecular complexity index is 860. The van der Waals surface area contributed by atoms with Gasteiger partial charge in [0.25, 0.3) is 0 Å². The van der Waals surface area contributed by atoms with Gasteiger partial charge in [0.2, 0.25) is 5.13 Å². The van der Waals surface area contributed by atoms with E-state index in [1.807, 2.05) is 19.2 Å². The molecule has 1 saturated heterocycles. The topological polar surface area (TPSA) is 95.5 Å². The second kappa shape index (κ2) is 7.46. The lowest BCUT2D eigenvalue weighted by Crippen LogP contribution is -2.24. The molecule has 0 amide bonds. The zero-order chi connectivity index (χ0) is 17.9. The maximum Gasteiger partial charge on any atom is 0.211 e. The number of aryl methyl sites for hydroxylation is 2. The third-order valence-electron chi connectivity index (χ3n) is 4.47. The minimum atomic E-state index is 0.281. The van der Waals surface area contributed by atoms with E-state index >= 15 is 0 Å². The van der Waals surface area contributed by atoms with Crippen molar-refractivity contribution < 1.29 is 0 Å². The first-order valence-corrected chi connectivity index (χ1v) is 9.70. The number of rotatable bonds is 6. The number of hydrogen-bond donors (Lipinski definition) is 2. The van der Waals surface area contributed by atoms with Crippen molar-refractivity contribution in [2.45, 2.75) is 45.7 Å². The minimum absolute atomic E-state index is 0.281. The van der Waals surface area contributed by atoms with Crippen molar-refractivity contribution in [3.05, 3.63) is 40.8 Å². The predicted octanol–water partition coefficient (Wildman–Crippen LogP) is 3.00. The molecule has 0 aliphatic carbocycles. The van der Waals surface area contributed by atoms with Crippen molar-refractivity contribution in [1.82, 2.24) is 35.0 Å². The summed E-state index contributed by atoms with van der Waals surface area (Å²) >= 11 is 1.56.